The van der Waals surface area contributed by atoms with Crippen molar-refractivity contribution in [3.63, 3.8) is 0 Å². The molecular weight excluding hydrogens is 346 g/mol. The van der Waals surface area contributed by atoms with Crippen LogP contribution in [-0.2, 0) is 4.79 Å². The summed E-state index contributed by atoms with van der Waals surface area (Å²) in [6.07, 6.45) is 11.1. The molecule has 0 spiro atoms. The van der Waals surface area contributed by atoms with Gasteiger partial charge in [-0.15, -0.1) is 0 Å². The SMILES string of the molecule is CCCCCCC(CCC)C(=O)C(C)CC(C)SSc1ccccn1. The van der Waals surface area contributed by atoms with Crippen molar-refractivity contribution >= 4 is 27.4 Å². The van der Waals surface area contributed by atoms with Crippen molar-refractivity contribution in [2.75, 3.05) is 0 Å². The Balaban J connectivity index is 2.40. The maximum Gasteiger partial charge on any atom is 0.138 e. The van der Waals surface area contributed by atoms with Crippen molar-refractivity contribution in [3.8, 4) is 0 Å². The van der Waals surface area contributed by atoms with Crippen LogP contribution in [0.4, 0.5) is 0 Å². The number of hydrogen-bond acceptors (Lipinski definition) is 4. The molecule has 0 saturated heterocycles. The summed E-state index contributed by atoms with van der Waals surface area (Å²) in [6, 6.07) is 5.99. The number of Topliss-reactive ketones (excluding diaryl/α,β-unsaturated/α-hetero) is 1. The predicted octanol–water partition coefficient (Wildman–Crippen LogP) is 7.19. The maximum absolute atomic E-state index is 12.9. The van der Waals surface area contributed by atoms with E-state index in [0.29, 0.717) is 11.0 Å². The molecule has 0 aliphatic rings. The highest BCUT2D eigenvalue weighted by Gasteiger charge is 2.24. The van der Waals surface area contributed by atoms with Crippen molar-refractivity contribution in [1.29, 1.82) is 0 Å². The topological polar surface area (TPSA) is 30.0 Å². The number of unbranched alkanes of at least 4 members (excludes halogenated alkanes) is 3. The van der Waals surface area contributed by atoms with E-state index in [0.717, 1.165) is 30.7 Å². The molecule has 0 bridgehead atoms. The van der Waals surface area contributed by atoms with Crippen molar-refractivity contribution in [1.82, 2.24) is 4.98 Å². The summed E-state index contributed by atoms with van der Waals surface area (Å²) < 4.78 is 0. The van der Waals surface area contributed by atoms with Gasteiger partial charge in [-0.05, 0) is 42.2 Å². The lowest BCUT2D eigenvalue weighted by molar-refractivity contribution is -0.127. The molecular formula is C21H35NOS2. The second-order valence-corrected chi connectivity index (χ2v) is 9.69. The van der Waals surface area contributed by atoms with Gasteiger partial charge in [-0.3, -0.25) is 4.79 Å². The molecule has 0 fully saturated rings. The second kappa shape index (κ2) is 13.7. The minimum atomic E-state index is 0.162. The Bertz CT molecular complexity index is 466. The van der Waals surface area contributed by atoms with Gasteiger partial charge in [0.05, 0.1) is 0 Å². The van der Waals surface area contributed by atoms with E-state index in [1.807, 2.05) is 35.2 Å². The number of hydrogen-bond donors (Lipinski definition) is 0. The van der Waals surface area contributed by atoms with E-state index in [4.69, 9.17) is 0 Å². The number of pyridine rings is 1. The standard InChI is InChI=1S/C21H35NOS2/c1-5-7-8-9-13-19(12-6-2)21(23)17(3)16-18(4)24-25-20-14-10-11-15-22-20/h10-11,14-15,17-19H,5-9,12-13,16H2,1-4H3. The third-order valence-electron chi connectivity index (χ3n) is 4.55. The first-order valence-electron chi connectivity index (χ1n) is 9.86. The predicted molar refractivity (Wildman–Crippen MR) is 113 cm³/mol. The van der Waals surface area contributed by atoms with Gasteiger partial charge in [0.1, 0.15) is 10.8 Å². The van der Waals surface area contributed by atoms with Crippen molar-refractivity contribution in [2.45, 2.75) is 89.3 Å². The first-order valence-corrected chi connectivity index (χ1v) is 12.1. The quantitative estimate of drug-likeness (QED) is 0.252. The number of carbonyl (C=O) groups is 1. The summed E-state index contributed by atoms with van der Waals surface area (Å²) in [5, 5.41) is 1.49. The van der Waals surface area contributed by atoms with Crippen LogP contribution in [0.2, 0.25) is 0 Å². The van der Waals surface area contributed by atoms with Gasteiger partial charge in [-0.2, -0.15) is 0 Å². The van der Waals surface area contributed by atoms with Gasteiger partial charge >= 0.3 is 0 Å². The summed E-state index contributed by atoms with van der Waals surface area (Å²) in [5.74, 6) is 0.931. The zero-order chi connectivity index (χ0) is 18.5. The maximum atomic E-state index is 12.9. The van der Waals surface area contributed by atoms with Gasteiger partial charge in [0, 0.05) is 23.3 Å². The first-order chi connectivity index (χ1) is 12.1. The number of rotatable bonds is 14. The van der Waals surface area contributed by atoms with Crippen LogP contribution in [0, 0.1) is 11.8 Å². The van der Waals surface area contributed by atoms with Crippen molar-refractivity contribution in [3.05, 3.63) is 24.4 Å². The minimum Gasteiger partial charge on any atom is -0.299 e. The van der Waals surface area contributed by atoms with Gasteiger partial charge in [0.2, 0.25) is 0 Å². The van der Waals surface area contributed by atoms with Gasteiger partial charge in [0.15, 0.2) is 0 Å². The molecule has 0 aliphatic heterocycles. The van der Waals surface area contributed by atoms with E-state index in [-0.39, 0.29) is 11.8 Å². The molecule has 2 nitrogen and oxygen atoms in total. The van der Waals surface area contributed by atoms with Crippen LogP contribution in [-0.4, -0.2) is 16.0 Å². The van der Waals surface area contributed by atoms with Crippen LogP contribution in [0.1, 0.15) is 79.1 Å². The summed E-state index contributed by atoms with van der Waals surface area (Å²) >= 11 is 0. The third-order valence-corrected chi connectivity index (χ3v) is 7.37. The summed E-state index contributed by atoms with van der Waals surface area (Å²) in [5.41, 5.74) is 0. The van der Waals surface area contributed by atoms with Gasteiger partial charge in [-0.1, -0.05) is 76.7 Å². The smallest absolute Gasteiger partial charge is 0.138 e. The fourth-order valence-electron chi connectivity index (χ4n) is 3.18. The first kappa shape index (κ1) is 22.6. The fraction of sp³-hybridized carbons (Fsp3) is 0.714. The molecule has 4 heteroatoms. The summed E-state index contributed by atoms with van der Waals surface area (Å²) in [4.78, 5) is 17.2. The Labute approximate surface area is 162 Å². The van der Waals surface area contributed by atoms with Crippen LogP contribution in [0.15, 0.2) is 29.4 Å². The Hall–Kier alpha value is -0.480. The zero-order valence-corrected chi connectivity index (χ0v) is 18.0. The molecule has 3 atom stereocenters. The van der Waals surface area contributed by atoms with E-state index in [2.05, 4.69) is 32.7 Å². The average molecular weight is 382 g/mol. The van der Waals surface area contributed by atoms with E-state index < -0.39 is 0 Å². The molecule has 0 aliphatic carbocycles. The van der Waals surface area contributed by atoms with Crippen LogP contribution < -0.4 is 0 Å². The molecule has 3 unspecified atom stereocenters. The zero-order valence-electron chi connectivity index (χ0n) is 16.4. The Morgan fingerprint density at radius 3 is 2.52 bits per heavy atom. The Morgan fingerprint density at radius 2 is 1.88 bits per heavy atom. The van der Waals surface area contributed by atoms with E-state index >= 15 is 0 Å². The van der Waals surface area contributed by atoms with Crippen LogP contribution >= 0.6 is 21.6 Å². The molecule has 0 aromatic carbocycles. The molecule has 25 heavy (non-hydrogen) atoms. The van der Waals surface area contributed by atoms with Gasteiger partial charge in [0.25, 0.3) is 0 Å². The van der Waals surface area contributed by atoms with Gasteiger partial charge in [-0.25, -0.2) is 4.98 Å². The molecule has 1 rings (SSSR count). The summed E-state index contributed by atoms with van der Waals surface area (Å²) in [7, 11) is 3.54. The highest BCUT2D eigenvalue weighted by atomic mass is 33.1. The van der Waals surface area contributed by atoms with E-state index in [1.54, 1.807) is 10.8 Å². The molecule has 142 valence electrons. The number of aromatic nitrogens is 1. The lowest BCUT2D eigenvalue weighted by atomic mass is 9.85. The number of carbonyl (C=O) groups excluding carboxylic acids is 1. The highest BCUT2D eigenvalue weighted by molar-refractivity contribution is 8.76. The average Bonchev–Trinajstić information content (AvgIpc) is 2.63. The number of ketones is 1. The molecule has 1 aromatic rings. The summed E-state index contributed by atoms with van der Waals surface area (Å²) in [6.45, 7) is 8.78. The van der Waals surface area contributed by atoms with Crippen molar-refractivity contribution in [2.24, 2.45) is 11.8 Å². The third kappa shape index (κ3) is 9.69. The molecule has 1 heterocycles. The molecule has 1 aromatic heterocycles. The molecule has 0 amide bonds. The number of nitrogens with zero attached hydrogens (tertiary/aromatic N) is 1. The van der Waals surface area contributed by atoms with Crippen LogP contribution in [0.25, 0.3) is 0 Å². The fourth-order valence-corrected chi connectivity index (χ4v) is 5.37. The molecule has 0 N–H and O–H groups in total. The molecule has 0 saturated carbocycles. The van der Waals surface area contributed by atoms with Crippen LogP contribution in [0.3, 0.4) is 0 Å². The Morgan fingerprint density at radius 1 is 1.08 bits per heavy atom. The van der Waals surface area contributed by atoms with Crippen molar-refractivity contribution < 1.29 is 4.79 Å². The lowest BCUT2D eigenvalue weighted by Crippen LogP contribution is -2.24. The highest BCUT2D eigenvalue weighted by Crippen LogP contribution is 2.36. The minimum absolute atomic E-state index is 0.162. The molecule has 0 radical (unpaired) electrons. The second-order valence-electron chi connectivity index (χ2n) is 7.03. The Kier molecular flexibility index (Phi) is 12.4. The van der Waals surface area contributed by atoms with Crippen LogP contribution in [0.5, 0.6) is 0 Å². The van der Waals surface area contributed by atoms with E-state index in [1.165, 1.54) is 25.7 Å². The monoisotopic (exact) mass is 381 g/mol. The lowest BCUT2D eigenvalue weighted by Gasteiger charge is -2.21. The van der Waals surface area contributed by atoms with Gasteiger partial charge < -0.3 is 0 Å². The normalized spacial score (nSPS) is 14.9. The largest absolute Gasteiger partial charge is 0.299 e. The van der Waals surface area contributed by atoms with E-state index in [9.17, 15) is 4.79 Å².